The van der Waals surface area contributed by atoms with Gasteiger partial charge in [0.25, 0.3) is 0 Å². The van der Waals surface area contributed by atoms with Crippen LogP contribution >= 0.6 is 0 Å². The molecule has 5 heteroatoms. The Bertz CT molecular complexity index is 859. The molecule has 1 aromatic heterocycles. The normalized spacial score (nSPS) is 10.2. The summed E-state index contributed by atoms with van der Waals surface area (Å²) < 4.78 is 11.1. The molecule has 0 radical (unpaired) electrons. The summed E-state index contributed by atoms with van der Waals surface area (Å²) in [5.41, 5.74) is 3.00. The standard InChI is InChI=1S/C19H17N3O2/c1-3-23-16-10-8-15(9-11-16)21-19-17(12-20)22-18(24-19)14-6-4-13(2)5-7-14/h4-11,21H,3H2,1-2H3. The second-order valence-electron chi connectivity index (χ2n) is 5.26. The topological polar surface area (TPSA) is 71.1 Å². The molecule has 0 saturated carbocycles. The first-order valence-corrected chi connectivity index (χ1v) is 7.67. The van der Waals surface area contributed by atoms with E-state index in [2.05, 4.69) is 16.4 Å². The Labute approximate surface area is 140 Å². The summed E-state index contributed by atoms with van der Waals surface area (Å²) in [7, 11) is 0. The van der Waals surface area contributed by atoms with Crippen LogP contribution in [0.4, 0.5) is 11.6 Å². The molecule has 3 aromatic rings. The molecule has 0 saturated heterocycles. The van der Waals surface area contributed by atoms with Crippen molar-refractivity contribution in [1.82, 2.24) is 4.98 Å². The number of oxazole rings is 1. The fraction of sp³-hybridized carbons (Fsp3) is 0.158. The van der Waals surface area contributed by atoms with Gasteiger partial charge in [-0.25, -0.2) is 0 Å². The number of hydrogen-bond acceptors (Lipinski definition) is 5. The van der Waals surface area contributed by atoms with Crippen LogP contribution in [0.3, 0.4) is 0 Å². The number of hydrogen-bond donors (Lipinski definition) is 1. The Morgan fingerprint density at radius 3 is 2.46 bits per heavy atom. The van der Waals surface area contributed by atoms with Crippen molar-refractivity contribution in [2.24, 2.45) is 0 Å². The van der Waals surface area contributed by atoms with Gasteiger partial charge in [0.05, 0.1) is 6.61 Å². The number of nitriles is 1. The molecule has 1 N–H and O–H groups in total. The molecule has 0 spiro atoms. The van der Waals surface area contributed by atoms with E-state index in [4.69, 9.17) is 9.15 Å². The van der Waals surface area contributed by atoms with Gasteiger partial charge >= 0.3 is 0 Å². The number of benzene rings is 2. The van der Waals surface area contributed by atoms with Crippen LogP contribution in [0.25, 0.3) is 11.5 Å². The average molecular weight is 319 g/mol. The minimum atomic E-state index is 0.222. The summed E-state index contributed by atoms with van der Waals surface area (Å²) in [6.07, 6.45) is 0. The van der Waals surface area contributed by atoms with E-state index in [9.17, 15) is 5.26 Å². The van der Waals surface area contributed by atoms with Crippen LogP contribution in [0.15, 0.2) is 52.9 Å². The van der Waals surface area contributed by atoms with Gasteiger partial charge in [0, 0.05) is 11.3 Å². The van der Waals surface area contributed by atoms with Gasteiger partial charge in [0.2, 0.25) is 17.5 Å². The molecule has 0 aliphatic heterocycles. The summed E-state index contributed by atoms with van der Waals surface area (Å²) >= 11 is 0. The van der Waals surface area contributed by atoms with Gasteiger partial charge in [-0.2, -0.15) is 10.2 Å². The SMILES string of the molecule is CCOc1ccc(Nc2oc(-c3ccc(C)cc3)nc2C#N)cc1. The van der Waals surface area contributed by atoms with E-state index in [1.54, 1.807) is 0 Å². The second-order valence-corrected chi connectivity index (χ2v) is 5.26. The maximum absolute atomic E-state index is 9.28. The molecule has 0 unspecified atom stereocenters. The van der Waals surface area contributed by atoms with Gasteiger partial charge in [-0.15, -0.1) is 0 Å². The van der Waals surface area contributed by atoms with Crippen molar-refractivity contribution in [2.45, 2.75) is 13.8 Å². The molecule has 0 bridgehead atoms. The Kier molecular flexibility index (Phi) is 4.48. The highest BCUT2D eigenvalue weighted by molar-refractivity contribution is 5.64. The van der Waals surface area contributed by atoms with Crippen LogP contribution in [-0.4, -0.2) is 11.6 Å². The molecule has 24 heavy (non-hydrogen) atoms. The third-order valence-corrected chi connectivity index (χ3v) is 3.45. The van der Waals surface area contributed by atoms with E-state index in [0.29, 0.717) is 18.4 Å². The number of aromatic nitrogens is 1. The Morgan fingerprint density at radius 2 is 1.83 bits per heavy atom. The summed E-state index contributed by atoms with van der Waals surface area (Å²) in [6, 6.07) is 17.3. The minimum Gasteiger partial charge on any atom is -0.494 e. The lowest BCUT2D eigenvalue weighted by molar-refractivity contribution is 0.340. The fourth-order valence-electron chi connectivity index (χ4n) is 2.23. The zero-order valence-corrected chi connectivity index (χ0v) is 13.5. The van der Waals surface area contributed by atoms with Crippen LogP contribution in [0.5, 0.6) is 5.75 Å². The van der Waals surface area contributed by atoms with Crippen LogP contribution in [0.2, 0.25) is 0 Å². The highest BCUT2D eigenvalue weighted by atomic mass is 16.5. The van der Waals surface area contributed by atoms with Gasteiger partial charge < -0.3 is 14.5 Å². The zero-order chi connectivity index (χ0) is 16.9. The van der Waals surface area contributed by atoms with Crippen molar-refractivity contribution in [2.75, 3.05) is 11.9 Å². The molecule has 5 nitrogen and oxygen atoms in total. The van der Waals surface area contributed by atoms with Crippen LogP contribution in [0.1, 0.15) is 18.2 Å². The maximum Gasteiger partial charge on any atom is 0.236 e. The predicted molar refractivity (Wildman–Crippen MR) is 92.3 cm³/mol. The van der Waals surface area contributed by atoms with E-state index < -0.39 is 0 Å². The van der Waals surface area contributed by atoms with Crippen molar-refractivity contribution in [1.29, 1.82) is 5.26 Å². The molecule has 0 aliphatic carbocycles. The number of aryl methyl sites for hydroxylation is 1. The molecule has 0 amide bonds. The number of ether oxygens (including phenoxy) is 1. The number of nitrogens with one attached hydrogen (secondary N) is 1. The van der Waals surface area contributed by atoms with Crippen molar-refractivity contribution in [3.63, 3.8) is 0 Å². The highest BCUT2D eigenvalue weighted by Gasteiger charge is 2.14. The first-order chi connectivity index (χ1) is 11.7. The summed E-state index contributed by atoms with van der Waals surface area (Å²) in [6.45, 7) is 4.57. The molecule has 1 heterocycles. The maximum atomic E-state index is 9.28. The predicted octanol–water partition coefficient (Wildman–Crippen LogP) is 4.66. The molecule has 0 atom stereocenters. The first kappa shape index (κ1) is 15.6. The third-order valence-electron chi connectivity index (χ3n) is 3.45. The number of nitrogens with zero attached hydrogens (tertiary/aromatic N) is 2. The second kappa shape index (κ2) is 6.88. The molecule has 3 rings (SSSR count). The van der Waals surface area contributed by atoms with Crippen LogP contribution < -0.4 is 10.1 Å². The lowest BCUT2D eigenvalue weighted by Crippen LogP contribution is -1.93. The summed E-state index contributed by atoms with van der Waals surface area (Å²) in [5.74, 6) is 1.54. The van der Waals surface area contributed by atoms with E-state index in [1.807, 2.05) is 62.4 Å². The van der Waals surface area contributed by atoms with Crippen molar-refractivity contribution < 1.29 is 9.15 Å². The summed E-state index contributed by atoms with van der Waals surface area (Å²) in [5, 5.41) is 12.4. The van der Waals surface area contributed by atoms with Crippen molar-refractivity contribution >= 4 is 11.6 Å². The Hall–Kier alpha value is -3.26. The molecule has 0 fully saturated rings. The molecular formula is C19H17N3O2. The van der Waals surface area contributed by atoms with E-state index >= 15 is 0 Å². The van der Waals surface area contributed by atoms with Crippen LogP contribution in [0, 0.1) is 18.3 Å². The molecule has 0 aliphatic rings. The third kappa shape index (κ3) is 3.39. The summed E-state index contributed by atoms with van der Waals surface area (Å²) in [4.78, 5) is 4.26. The monoisotopic (exact) mass is 319 g/mol. The fourth-order valence-corrected chi connectivity index (χ4v) is 2.23. The van der Waals surface area contributed by atoms with Gasteiger partial charge in [0.15, 0.2) is 0 Å². The van der Waals surface area contributed by atoms with Gasteiger partial charge in [0.1, 0.15) is 11.8 Å². The van der Waals surface area contributed by atoms with Gasteiger partial charge in [-0.1, -0.05) is 17.7 Å². The average Bonchev–Trinajstić information content (AvgIpc) is 3.00. The molecular weight excluding hydrogens is 302 g/mol. The minimum absolute atomic E-state index is 0.222. The van der Waals surface area contributed by atoms with Crippen LogP contribution in [-0.2, 0) is 0 Å². The van der Waals surface area contributed by atoms with Gasteiger partial charge in [-0.05, 0) is 50.2 Å². The largest absolute Gasteiger partial charge is 0.494 e. The lowest BCUT2D eigenvalue weighted by atomic mass is 10.1. The quantitative estimate of drug-likeness (QED) is 0.740. The van der Waals surface area contributed by atoms with E-state index in [-0.39, 0.29) is 5.69 Å². The highest BCUT2D eigenvalue weighted by Crippen LogP contribution is 2.28. The molecule has 2 aromatic carbocycles. The van der Waals surface area contributed by atoms with Gasteiger partial charge in [-0.3, -0.25) is 0 Å². The number of rotatable bonds is 5. The smallest absolute Gasteiger partial charge is 0.236 e. The Balaban J connectivity index is 1.85. The number of anilines is 2. The van der Waals surface area contributed by atoms with Crippen molar-refractivity contribution in [3.8, 4) is 23.3 Å². The van der Waals surface area contributed by atoms with Crippen molar-refractivity contribution in [3.05, 3.63) is 59.8 Å². The molecule has 120 valence electrons. The first-order valence-electron chi connectivity index (χ1n) is 7.67. The van der Waals surface area contributed by atoms with E-state index in [1.165, 1.54) is 0 Å². The van der Waals surface area contributed by atoms with E-state index in [0.717, 1.165) is 22.6 Å². The Morgan fingerprint density at radius 1 is 1.12 bits per heavy atom. The lowest BCUT2D eigenvalue weighted by Gasteiger charge is -2.05. The zero-order valence-electron chi connectivity index (χ0n) is 13.5.